The van der Waals surface area contributed by atoms with Gasteiger partial charge in [-0.05, 0) is 0 Å². The molecule has 0 atom stereocenters. The zero-order valence-electron chi connectivity index (χ0n) is 17.0. The van der Waals surface area contributed by atoms with Gasteiger partial charge >= 0.3 is 177 Å². The quantitative estimate of drug-likeness (QED) is 0.427. The van der Waals surface area contributed by atoms with Gasteiger partial charge in [0.2, 0.25) is 0 Å². The van der Waals surface area contributed by atoms with Crippen LogP contribution in [0.15, 0.2) is 92.5 Å². The topological polar surface area (TPSA) is 0 Å². The molecule has 0 aromatic heterocycles. The molecule has 28 heavy (non-hydrogen) atoms. The molecule has 0 unspecified atom stereocenters. The molecule has 0 N–H and O–H groups in total. The predicted molar refractivity (Wildman–Crippen MR) is 128 cm³/mol. The van der Waals surface area contributed by atoms with Crippen LogP contribution in [0.3, 0.4) is 0 Å². The summed E-state index contributed by atoms with van der Waals surface area (Å²) in [7, 11) is 0. The number of hydrogen-bond donors (Lipinski definition) is 0. The Kier molecular flexibility index (Phi) is 6.42. The molecule has 0 bridgehead atoms. The number of benzene rings is 3. The van der Waals surface area contributed by atoms with Gasteiger partial charge in [-0.25, -0.2) is 0 Å². The van der Waals surface area contributed by atoms with Gasteiger partial charge in [0.1, 0.15) is 0 Å². The van der Waals surface area contributed by atoms with Crippen LogP contribution >= 0.6 is 0 Å². The van der Waals surface area contributed by atoms with Crippen molar-refractivity contribution in [2.75, 3.05) is 0 Å². The van der Waals surface area contributed by atoms with Crippen molar-refractivity contribution in [1.82, 2.24) is 0 Å². The molecular formula is C27H27Sb. The number of hydrogen-bond acceptors (Lipinski definition) is 0. The van der Waals surface area contributed by atoms with Crippen molar-refractivity contribution in [3.63, 3.8) is 0 Å². The third-order valence-corrected chi connectivity index (χ3v) is 11.8. The van der Waals surface area contributed by atoms with Gasteiger partial charge in [-0.3, -0.25) is 0 Å². The van der Waals surface area contributed by atoms with Crippen molar-refractivity contribution in [3.8, 4) is 0 Å². The predicted octanol–water partition coefficient (Wildman–Crippen LogP) is 5.30. The van der Waals surface area contributed by atoms with Gasteiger partial charge < -0.3 is 0 Å². The van der Waals surface area contributed by atoms with E-state index in [0.717, 1.165) is 16.7 Å². The molecule has 0 fully saturated rings. The first-order valence-corrected chi connectivity index (χ1v) is 13.3. The second-order valence-corrected chi connectivity index (χ2v) is 13.7. The van der Waals surface area contributed by atoms with Gasteiger partial charge in [0.25, 0.3) is 0 Å². The Hall–Kier alpha value is -2.30. The average molecular weight is 473 g/mol. The zero-order chi connectivity index (χ0) is 20.3. The molecule has 3 aromatic rings. The third kappa shape index (κ3) is 4.57. The molecular weight excluding hydrogens is 446 g/mol. The summed E-state index contributed by atoms with van der Waals surface area (Å²) in [6, 6.07) is 27.0. The number of rotatable bonds is 6. The Morgan fingerprint density at radius 2 is 0.679 bits per heavy atom. The summed E-state index contributed by atoms with van der Waals surface area (Å²) >= 11 is -2.11. The molecule has 0 spiro atoms. The Balaban J connectivity index is 2.08. The fourth-order valence-electron chi connectivity index (χ4n) is 3.13. The number of allylic oxidation sites excluding steroid dienone is 3. The van der Waals surface area contributed by atoms with Crippen LogP contribution in [-0.2, 0) is 0 Å². The third-order valence-electron chi connectivity index (χ3n) is 4.85. The van der Waals surface area contributed by atoms with Gasteiger partial charge in [-0.15, -0.1) is 0 Å². The van der Waals surface area contributed by atoms with E-state index in [9.17, 15) is 0 Å². The van der Waals surface area contributed by atoms with E-state index in [4.69, 9.17) is 0 Å². The molecule has 0 amide bonds. The molecule has 0 radical (unpaired) electrons. The maximum absolute atomic E-state index is 4.07. The van der Waals surface area contributed by atoms with E-state index < -0.39 is 20.2 Å². The van der Waals surface area contributed by atoms with Crippen LogP contribution in [0, 0.1) is 0 Å². The summed E-state index contributed by atoms with van der Waals surface area (Å²) in [6.07, 6.45) is 0. The molecule has 140 valence electrons. The Morgan fingerprint density at radius 3 is 0.857 bits per heavy atom. The van der Waals surface area contributed by atoms with Crippen LogP contribution < -0.4 is 10.5 Å². The van der Waals surface area contributed by atoms with Gasteiger partial charge in [0.05, 0.1) is 0 Å². The van der Waals surface area contributed by atoms with Crippen molar-refractivity contribution in [2.45, 2.75) is 20.8 Å². The normalized spacial score (nSPS) is 10.7. The SMILES string of the molecule is C=C(C)c1cc[c]([Sb]([c]2ccc(C(=C)C)cc2)[c]2ccc(C(=C)C)cc2)cc1. The summed E-state index contributed by atoms with van der Waals surface area (Å²) in [5.41, 5.74) is 6.93. The zero-order valence-corrected chi connectivity index (χ0v) is 19.5. The first-order chi connectivity index (χ1) is 13.4. The molecule has 0 saturated heterocycles. The maximum atomic E-state index is 4.07. The molecule has 1 heteroatoms. The second kappa shape index (κ2) is 8.80. The van der Waals surface area contributed by atoms with Crippen molar-refractivity contribution in [3.05, 3.63) is 109 Å². The van der Waals surface area contributed by atoms with Crippen molar-refractivity contribution in [1.29, 1.82) is 0 Å². The van der Waals surface area contributed by atoms with Crippen molar-refractivity contribution >= 4 is 47.5 Å². The molecule has 0 nitrogen and oxygen atoms in total. The molecule has 0 aliphatic heterocycles. The van der Waals surface area contributed by atoms with Crippen LogP contribution in [0.4, 0.5) is 0 Å². The Morgan fingerprint density at radius 1 is 0.464 bits per heavy atom. The summed E-state index contributed by atoms with van der Waals surface area (Å²) in [5.74, 6) is 0. The first kappa shape index (κ1) is 20.4. The standard InChI is InChI=1S/3C9H9.Sb/c3*1-8(2)9-6-4-3-5-7-9;/h3*4-7H,1H2,2H3;. The van der Waals surface area contributed by atoms with Gasteiger partial charge in [-0.1, -0.05) is 0 Å². The van der Waals surface area contributed by atoms with Gasteiger partial charge in [0, 0.05) is 0 Å². The van der Waals surface area contributed by atoms with Gasteiger partial charge in [-0.2, -0.15) is 0 Å². The Bertz CT molecular complexity index is 867. The van der Waals surface area contributed by atoms with E-state index >= 15 is 0 Å². The minimum absolute atomic E-state index is 1.10. The molecule has 3 rings (SSSR count). The summed E-state index contributed by atoms with van der Waals surface area (Å²) in [5, 5.41) is 0. The van der Waals surface area contributed by atoms with Crippen LogP contribution in [0.1, 0.15) is 37.5 Å². The summed E-state index contributed by atoms with van der Waals surface area (Å²) in [6.45, 7) is 18.4. The van der Waals surface area contributed by atoms with Crippen LogP contribution in [0.5, 0.6) is 0 Å². The summed E-state index contributed by atoms with van der Waals surface area (Å²) < 4.78 is 4.37. The fourth-order valence-corrected chi connectivity index (χ4v) is 9.51. The van der Waals surface area contributed by atoms with E-state index in [1.165, 1.54) is 27.2 Å². The fraction of sp³-hybridized carbons (Fsp3) is 0.111. The summed E-state index contributed by atoms with van der Waals surface area (Å²) in [4.78, 5) is 0. The molecule has 0 saturated carbocycles. The molecule has 0 aliphatic carbocycles. The van der Waals surface area contributed by atoms with Crippen LogP contribution in [-0.4, -0.2) is 20.2 Å². The van der Waals surface area contributed by atoms with Crippen molar-refractivity contribution < 1.29 is 0 Å². The van der Waals surface area contributed by atoms with E-state index in [2.05, 4.69) is 113 Å². The minimum atomic E-state index is -2.11. The monoisotopic (exact) mass is 472 g/mol. The Labute approximate surface area is 176 Å². The average Bonchev–Trinajstić information content (AvgIpc) is 2.69. The van der Waals surface area contributed by atoms with E-state index in [1.807, 2.05) is 0 Å². The van der Waals surface area contributed by atoms with E-state index in [1.54, 1.807) is 0 Å². The van der Waals surface area contributed by atoms with E-state index in [-0.39, 0.29) is 0 Å². The van der Waals surface area contributed by atoms with Crippen LogP contribution in [0.25, 0.3) is 16.7 Å². The first-order valence-electron chi connectivity index (χ1n) is 9.45. The molecule has 0 heterocycles. The van der Waals surface area contributed by atoms with Gasteiger partial charge in [0.15, 0.2) is 0 Å². The van der Waals surface area contributed by atoms with E-state index in [0.29, 0.717) is 0 Å². The molecule has 3 aromatic carbocycles. The second-order valence-electron chi connectivity index (χ2n) is 7.32. The van der Waals surface area contributed by atoms with Crippen LogP contribution in [0.2, 0.25) is 0 Å². The molecule has 0 aliphatic rings. The van der Waals surface area contributed by atoms with Crippen molar-refractivity contribution in [2.24, 2.45) is 0 Å².